The molecule has 0 aliphatic rings. The predicted molar refractivity (Wildman–Crippen MR) is 46.6 cm³/mol. The van der Waals surface area contributed by atoms with Crippen LogP contribution in [0.2, 0.25) is 0 Å². The lowest BCUT2D eigenvalue weighted by Gasteiger charge is -2.04. The van der Waals surface area contributed by atoms with Gasteiger partial charge in [-0.3, -0.25) is 0 Å². The van der Waals surface area contributed by atoms with E-state index < -0.39 is 18.3 Å². The molecule has 0 amide bonds. The van der Waals surface area contributed by atoms with E-state index in [1.54, 1.807) is 0 Å². The summed E-state index contributed by atoms with van der Waals surface area (Å²) in [5.41, 5.74) is -0.304. The van der Waals surface area contributed by atoms with Gasteiger partial charge in [0.2, 0.25) is 0 Å². The number of alkyl halides is 1. The highest BCUT2D eigenvalue weighted by Crippen LogP contribution is 2.31. The van der Waals surface area contributed by atoms with E-state index in [1.807, 2.05) is 0 Å². The monoisotopic (exact) mass is 302 g/mol. The summed E-state index contributed by atoms with van der Waals surface area (Å²) in [5, 5.41) is 0. The van der Waals surface area contributed by atoms with E-state index in [-0.39, 0.29) is 10.0 Å². The van der Waals surface area contributed by atoms with Crippen molar-refractivity contribution >= 4 is 31.9 Å². The van der Waals surface area contributed by atoms with Crippen molar-refractivity contribution in [1.29, 1.82) is 0 Å². The average Bonchev–Trinajstić information content (AvgIpc) is 2.02. The van der Waals surface area contributed by atoms with Crippen LogP contribution < -0.4 is 0 Å². The summed E-state index contributed by atoms with van der Waals surface area (Å²) in [5.74, 6) is -2.20. The summed E-state index contributed by atoms with van der Waals surface area (Å²) in [7, 11) is 0. The van der Waals surface area contributed by atoms with Crippen LogP contribution in [0.1, 0.15) is 5.56 Å². The number of rotatable bonds is 1. The summed E-state index contributed by atoms with van der Waals surface area (Å²) in [6.07, 6.45) is 0. The zero-order valence-corrected chi connectivity index (χ0v) is 8.85. The van der Waals surface area contributed by atoms with Gasteiger partial charge in [0, 0.05) is 14.5 Å². The van der Waals surface area contributed by atoms with Gasteiger partial charge in [0.05, 0.1) is 0 Å². The average molecular weight is 304 g/mol. The van der Waals surface area contributed by atoms with Crippen LogP contribution in [0.4, 0.5) is 13.2 Å². The number of halogens is 5. The summed E-state index contributed by atoms with van der Waals surface area (Å²) in [4.78, 5) is 0. The molecule has 0 radical (unpaired) electrons. The van der Waals surface area contributed by atoms with Gasteiger partial charge in [-0.2, -0.15) is 0 Å². The highest BCUT2D eigenvalue weighted by Gasteiger charge is 2.14. The van der Waals surface area contributed by atoms with Crippen molar-refractivity contribution in [3.05, 3.63) is 32.2 Å². The van der Waals surface area contributed by atoms with E-state index in [0.29, 0.717) is 4.47 Å². The molecule has 0 bridgehead atoms. The summed E-state index contributed by atoms with van der Waals surface area (Å²) < 4.78 is 38.1. The van der Waals surface area contributed by atoms with Crippen LogP contribution in [0.15, 0.2) is 15.0 Å². The lowest BCUT2D eigenvalue weighted by atomic mass is 10.2. The van der Waals surface area contributed by atoms with Gasteiger partial charge in [-0.15, -0.1) is 0 Å². The minimum atomic E-state index is -1.15. The maximum atomic E-state index is 12.8. The molecule has 0 saturated carbocycles. The van der Waals surface area contributed by atoms with E-state index >= 15 is 0 Å². The van der Waals surface area contributed by atoms with Crippen molar-refractivity contribution in [3.63, 3.8) is 0 Å². The Balaban J connectivity index is 3.42. The Morgan fingerprint density at radius 1 is 1.25 bits per heavy atom. The highest BCUT2D eigenvalue weighted by molar-refractivity contribution is 9.13. The van der Waals surface area contributed by atoms with E-state index in [1.165, 1.54) is 0 Å². The van der Waals surface area contributed by atoms with E-state index in [2.05, 4.69) is 31.9 Å². The Morgan fingerprint density at radius 3 is 2.33 bits per heavy atom. The molecular formula is C7H3Br2F3. The van der Waals surface area contributed by atoms with Gasteiger partial charge < -0.3 is 0 Å². The second-order valence-corrected chi connectivity index (χ2v) is 3.73. The van der Waals surface area contributed by atoms with Crippen LogP contribution in [0.25, 0.3) is 0 Å². The van der Waals surface area contributed by atoms with E-state index in [4.69, 9.17) is 0 Å². The molecule has 0 fully saturated rings. The van der Waals surface area contributed by atoms with Crippen molar-refractivity contribution in [2.75, 3.05) is 0 Å². The first kappa shape index (κ1) is 10.1. The first-order valence-corrected chi connectivity index (χ1v) is 4.54. The Kier molecular flexibility index (Phi) is 3.17. The van der Waals surface area contributed by atoms with Gasteiger partial charge in [0.15, 0.2) is 11.6 Å². The van der Waals surface area contributed by atoms with Gasteiger partial charge in [-0.1, -0.05) is 0 Å². The molecule has 0 spiro atoms. The normalized spacial score (nSPS) is 10.4. The molecule has 66 valence electrons. The van der Waals surface area contributed by atoms with Crippen LogP contribution in [0.5, 0.6) is 0 Å². The molecule has 0 heterocycles. The number of hydrogen-bond acceptors (Lipinski definition) is 0. The smallest absolute Gasteiger partial charge is 0.165 e. The standard InChI is InChI=1S/C7H3Br2F3/c8-4-1-5(11)7(12)3(2-10)6(4)9/h1H,2H2. The third-order valence-corrected chi connectivity index (χ3v) is 3.40. The zero-order valence-electron chi connectivity index (χ0n) is 5.67. The van der Waals surface area contributed by atoms with Crippen LogP contribution in [0.3, 0.4) is 0 Å². The highest BCUT2D eigenvalue weighted by atomic mass is 79.9. The Labute approximate surface area is 84.0 Å². The van der Waals surface area contributed by atoms with E-state index in [0.717, 1.165) is 6.07 Å². The molecule has 0 aromatic heterocycles. The van der Waals surface area contributed by atoms with Crippen molar-refractivity contribution in [2.24, 2.45) is 0 Å². The summed E-state index contributed by atoms with van der Waals surface area (Å²) in [6, 6.07) is 0.943. The number of hydrogen-bond donors (Lipinski definition) is 0. The van der Waals surface area contributed by atoms with Crippen LogP contribution in [-0.4, -0.2) is 0 Å². The quantitative estimate of drug-likeness (QED) is 0.689. The largest absolute Gasteiger partial charge is 0.246 e. The molecule has 0 N–H and O–H groups in total. The van der Waals surface area contributed by atoms with Crippen molar-refractivity contribution in [3.8, 4) is 0 Å². The van der Waals surface area contributed by atoms with E-state index in [9.17, 15) is 13.2 Å². The third-order valence-electron chi connectivity index (χ3n) is 1.34. The van der Waals surface area contributed by atoms with Gasteiger partial charge in [0.25, 0.3) is 0 Å². The molecule has 0 aliphatic carbocycles. The minimum absolute atomic E-state index is 0.212. The molecule has 1 rings (SSSR count). The van der Waals surface area contributed by atoms with Crippen LogP contribution >= 0.6 is 31.9 Å². The summed E-state index contributed by atoms with van der Waals surface area (Å²) in [6.45, 7) is -1.04. The molecule has 1 aromatic rings. The number of benzene rings is 1. The lowest BCUT2D eigenvalue weighted by Crippen LogP contribution is -1.94. The fraction of sp³-hybridized carbons (Fsp3) is 0.143. The Morgan fingerprint density at radius 2 is 1.83 bits per heavy atom. The molecule has 0 atom stereocenters. The molecule has 5 heteroatoms. The maximum Gasteiger partial charge on any atom is 0.165 e. The second kappa shape index (κ2) is 3.79. The maximum absolute atomic E-state index is 12.8. The molecule has 0 aliphatic heterocycles. The zero-order chi connectivity index (χ0) is 9.30. The van der Waals surface area contributed by atoms with Crippen molar-refractivity contribution < 1.29 is 13.2 Å². The van der Waals surface area contributed by atoms with Gasteiger partial charge in [0.1, 0.15) is 6.67 Å². The van der Waals surface area contributed by atoms with Gasteiger partial charge in [-0.25, -0.2) is 13.2 Å². The fourth-order valence-corrected chi connectivity index (χ4v) is 1.57. The SMILES string of the molecule is FCc1c(F)c(F)cc(Br)c1Br. The van der Waals surface area contributed by atoms with Gasteiger partial charge >= 0.3 is 0 Å². The minimum Gasteiger partial charge on any atom is -0.246 e. The second-order valence-electron chi connectivity index (χ2n) is 2.08. The van der Waals surface area contributed by atoms with Crippen LogP contribution in [-0.2, 0) is 6.67 Å². The van der Waals surface area contributed by atoms with Crippen LogP contribution in [0, 0.1) is 11.6 Å². The van der Waals surface area contributed by atoms with Crippen molar-refractivity contribution in [2.45, 2.75) is 6.67 Å². The molecule has 0 saturated heterocycles. The Hall–Kier alpha value is -0.0300. The lowest BCUT2D eigenvalue weighted by molar-refractivity contribution is 0.438. The Bertz CT molecular complexity index is 286. The molecule has 1 aromatic carbocycles. The third kappa shape index (κ3) is 1.66. The first-order chi connectivity index (χ1) is 5.57. The summed E-state index contributed by atoms with van der Waals surface area (Å²) >= 11 is 5.88. The molecule has 0 unspecified atom stereocenters. The first-order valence-electron chi connectivity index (χ1n) is 2.95. The predicted octanol–water partition coefficient (Wildman–Crippen LogP) is 3.96. The molecule has 12 heavy (non-hydrogen) atoms. The van der Waals surface area contributed by atoms with Gasteiger partial charge in [-0.05, 0) is 37.9 Å². The fourth-order valence-electron chi connectivity index (χ4n) is 0.740. The van der Waals surface area contributed by atoms with Crippen molar-refractivity contribution in [1.82, 2.24) is 0 Å². The topological polar surface area (TPSA) is 0 Å². The molecule has 0 nitrogen and oxygen atoms in total. The molecular weight excluding hydrogens is 301 g/mol.